The molecule has 2 aliphatic heterocycles. The molecule has 17 heavy (non-hydrogen) atoms. The van der Waals surface area contributed by atoms with E-state index in [1.807, 2.05) is 18.2 Å². The van der Waals surface area contributed by atoms with E-state index in [1.54, 1.807) is 6.07 Å². The molecule has 1 aromatic carbocycles. The molecule has 90 valence electrons. The molecule has 1 saturated heterocycles. The molecule has 1 fully saturated rings. The second-order valence-electron chi connectivity index (χ2n) is 4.47. The maximum Gasteiger partial charge on any atom is 0.343 e. The Balaban J connectivity index is 2.00. The van der Waals surface area contributed by atoms with Gasteiger partial charge < -0.3 is 15.8 Å². The lowest BCUT2D eigenvalue weighted by molar-refractivity contribution is -0.0494. The molecule has 5 heteroatoms. The van der Waals surface area contributed by atoms with Gasteiger partial charge in [-0.3, -0.25) is 5.32 Å². The first kappa shape index (κ1) is 10.6. The van der Waals surface area contributed by atoms with Gasteiger partial charge in [0.2, 0.25) is 0 Å². The monoisotopic (exact) mass is 233 g/mol. The summed E-state index contributed by atoms with van der Waals surface area (Å²) < 4.78 is 5.47. The van der Waals surface area contributed by atoms with Crippen molar-refractivity contribution >= 4 is 11.7 Å². The van der Waals surface area contributed by atoms with E-state index in [4.69, 9.17) is 10.5 Å². The van der Waals surface area contributed by atoms with Crippen molar-refractivity contribution in [2.24, 2.45) is 5.73 Å². The number of para-hydroxylation sites is 1. The van der Waals surface area contributed by atoms with Gasteiger partial charge >= 0.3 is 5.97 Å². The third-order valence-electron chi connectivity index (χ3n) is 3.32. The van der Waals surface area contributed by atoms with Crippen molar-refractivity contribution < 1.29 is 9.53 Å². The molecule has 0 aromatic heterocycles. The quantitative estimate of drug-likeness (QED) is 0.573. The summed E-state index contributed by atoms with van der Waals surface area (Å²) in [4.78, 5) is 11.9. The van der Waals surface area contributed by atoms with Gasteiger partial charge in [0.1, 0.15) is 0 Å². The minimum atomic E-state index is -0.941. The number of benzene rings is 1. The number of esters is 1. The Hall–Kier alpha value is -1.59. The molecule has 4 N–H and O–H groups in total. The van der Waals surface area contributed by atoms with Gasteiger partial charge in [-0.15, -0.1) is 0 Å². The molecule has 0 radical (unpaired) electrons. The minimum absolute atomic E-state index is 0.242. The van der Waals surface area contributed by atoms with E-state index in [0.717, 1.165) is 25.1 Å². The number of carbonyl (C=O) groups excluding carboxylic acids is 1. The van der Waals surface area contributed by atoms with E-state index in [9.17, 15) is 4.79 Å². The van der Waals surface area contributed by atoms with E-state index < -0.39 is 5.85 Å². The second-order valence-corrected chi connectivity index (χ2v) is 4.47. The number of rotatable bonds is 0. The van der Waals surface area contributed by atoms with Gasteiger partial charge in [0.15, 0.2) is 0 Å². The van der Waals surface area contributed by atoms with Crippen LogP contribution in [0.3, 0.4) is 0 Å². The molecule has 2 unspecified atom stereocenters. The summed E-state index contributed by atoms with van der Waals surface area (Å²) in [6, 6.07) is 7.06. The summed E-state index contributed by atoms with van der Waals surface area (Å²) >= 11 is 0. The fourth-order valence-electron chi connectivity index (χ4n) is 2.38. The van der Waals surface area contributed by atoms with Crippen LogP contribution in [0.4, 0.5) is 5.69 Å². The van der Waals surface area contributed by atoms with Crippen LogP contribution in [-0.2, 0) is 4.74 Å². The van der Waals surface area contributed by atoms with Crippen LogP contribution in [0.5, 0.6) is 0 Å². The molecule has 1 spiro atoms. The van der Waals surface area contributed by atoms with E-state index in [1.165, 1.54) is 0 Å². The predicted octanol–water partition coefficient (Wildman–Crippen LogP) is 0.633. The Morgan fingerprint density at radius 1 is 1.41 bits per heavy atom. The zero-order chi connectivity index (χ0) is 11.9. The first-order chi connectivity index (χ1) is 8.21. The topological polar surface area (TPSA) is 76.4 Å². The van der Waals surface area contributed by atoms with E-state index in [-0.39, 0.29) is 12.0 Å². The van der Waals surface area contributed by atoms with Crippen LogP contribution >= 0.6 is 0 Å². The smallest absolute Gasteiger partial charge is 0.343 e. The molecular formula is C12H15N3O2. The number of carbonyl (C=O) groups is 1. The van der Waals surface area contributed by atoms with Crippen LogP contribution in [0.15, 0.2) is 24.3 Å². The highest BCUT2D eigenvalue weighted by Crippen LogP contribution is 2.31. The molecule has 3 rings (SSSR count). The Bertz CT molecular complexity index is 463. The lowest BCUT2D eigenvalue weighted by Gasteiger charge is -2.45. The summed E-state index contributed by atoms with van der Waals surface area (Å²) in [7, 11) is 0. The van der Waals surface area contributed by atoms with Gasteiger partial charge in [-0.1, -0.05) is 12.1 Å². The van der Waals surface area contributed by atoms with Crippen molar-refractivity contribution in [1.82, 2.24) is 5.32 Å². The fraction of sp³-hybridized carbons (Fsp3) is 0.417. The maximum atomic E-state index is 11.9. The summed E-state index contributed by atoms with van der Waals surface area (Å²) in [5.41, 5.74) is 7.39. The van der Waals surface area contributed by atoms with Crippen LogP contribution in [-0.4, -0.2) is 24.4 Å². The average molecular weight is 233 g/mol. The van der Waals surface area contributed by atoms with E-state index in [0.29, 0.717) is 5.56 Å². The van der Waals surface area contributed by atoms with Crippen molar-refractivity contribution in [3.05, 3.63) is 29.8 Å². The minimum Gasteiger partial charge on any atom is -0.420 e. The second kappa shape index (κ2) is 3.72. The number of anilines is 1. The largest absolute Gasteiger partial charge is 0.420 e. The number of hydrogen-bond donors (Lipinski definition) is 3. The van der Waals surface area contributed by atoms with Crippen molar-refractivity contribution in [1.29, 1.82) is 0 Å². The lowest BCUT2D eigenvalue weighted by Crippen LogP contribution is -2.69. The summed E-state index contributed by atoms with van der Waals surface area (Å²) in [6.45, 7) is 0.788. The fourth-order valence-corrected chi connectivity index (χ4v) is 2.38. The van der Waals surface area contributed by atoms with Gasteiger partial charge in [-0.2, -0.15) is 0 Å². The first-order valence-electron chi connectivity index (χ1n) is 5.82. The number of nitrogens with two attached hydrogens (primary N) is 1. The Kier molecular flexibility index (Phi) is 2.31. The third-order valence-corrected chi connectivity index (χ3v) is 3.32. The zero-order valence-corrected chi connectivity index (χ0v) is 9.40. The third kappa shape index (κ3) is 1.59. The maximum absolute atomic E-state index is 11.9. The van der Waals surface area contributed by atoms with Crippen LogP contribution in [0.2, 0.25) is 0 Å². The number of piperidine rings is 1. The summed E-state index contributed by atoms with van der Waals surface area (Å²) in [5, 5.41) is 6.39. The van der Waals surface area contributed by atoms with Crippen molar-refractivity contribution in [3.8, 4) is 0 Å². The van der Waals surface area contributed by atoms with Gasteiger partial charge in [-0.25, -0.2) is 4.79 Å². The van der Waals surface area contributed by atoms with Crippen LogP contribution in [0, 0.1) is 0 Å². The Labute approximate surface area is 99.3 Å². The Morgan fingerprint density at radius 3 is 3.06 bits per heavy atom. The molecule has 2 atom stereocenters. The molecule has 0 bridgehead atoms. The molecular weight excluding hydrogens is 218 g/mol. The van der Waals surface area contributed by atoms with Crippen molar-refractivity contribution in [2.75, 3.05) is 11.9 Å². The lowest BCUT2D eigenvalue weighted by atomic mass is 9.99. The summed E-state index contributed by atoms with van der Waals surface area (Å²) in [6.07, 6.45) is 1.82. The zero-order valence-electron chi connectivity index (χ0n) is 9.40. The average Bonchev–Trinajstić information content (AvgIpc) is 2.33. The molecule has 0 saturated carbocycles. The molecule has 2 aliphatic rings. The van der Waals surface area contributed by atoms with E-state index >= 15 is 0 Å². The molecule has 2 heterocycles. The summed E-state index contributed by atoms with van der Waals surface area (Å²) in [5.74, 6) is -1.27. The predicted molar refractivity (Wildman–Crippen MR) is 63.4 cm³/mol. The highest BCUT2D eigenvalue weighted by Gasteiger charge is 2.46. The molecule has 1 aromatic rings. The normalized spacial score (nSPS) is 31.6. The molecule has 0 amide bonds. The van der Waals surface area contributed by atoms with Crippen molar-refractivity contribution in [3.63, 3.8) is 0 Å². The number of fused-ring (bicyclic) bond motifs is 1. The number of nitrogens with one attached hydrogen (secondary N) is 2. The van der Waals surface area contributed by atoms with E-state index in [2.05, 4.69) is 10.6 Å². The standard InChI is InChI=1S/C12H15N3O2/c13-10-6-3-7-14-12(10)15-9-5-2-1-4-8(9)11(16)17-12/h1-2,4-5,10,14-15H,3,6-7,13H2. The van der Waals surface area contributed by atoms with Crippen molar-refractivity contribution in [2.45, 2.75) is 24.7 Å². The first-order valence-corrected chi connectivity index (χ1v) is 5.82. The molecule has 0 aliphatic carbocycles. The highest BCUT2D eigenvalue weighted by atomic mass is 16.6. The van der Waals surface area contributed by atoms with Gasteiger partial charge in [0.25, 0.3) is 5.85 Å². The van der Waals surface area contributed by atoms with Crippen LogP contribution in [0.1, 0.15) is 23.2 Å². The highest BCUT2D eigenvalue weighted by molar-refractivity contribution is 5.97. The number of ether oxygens (including phenoxy) is 1. The van der Waals surface area contributed by atoms with Gasteiger partial charge in [0, 0.05) is 6.54 Å². The SMILES string of the molecule is NC1CCCNC12Nc1ccccc1C(=O)O2. The number of hydrogen-bond acceptors (Lipinski definition) is 5. The van der Waals surface area contributed by atoms with Crippen LogP contribution < -0.4 is 16.4 Å². The van der Waals surface area contributed by atoms with Gasteiger partial charge in [0.05, 0.1) is 17.3 Å². The van der Waals surface area contributed by atoms with Crippen LogP contribution in [0.25, 0.3) is 0 Å². The Morgan fingerprint density at radius 2 is 2.24 bits per heavy atom. The molecule has 5 nitrogen and oxygen atoms in total. The van der Waals surface area contributed by atoms with Gasteiger partial charge in [-0.05, 0) is 25.0 Å².